The molecule has 6 atom stereocenters. The lowest BCUT2D eigenvalue weighted by Crippen LogP contribution is -2.60. The van der Waals surface area contributed by atoms with Crippen LogP contribution in [0.3, 0.4) is 0 Å². The van der Waals surface area contributed by atoms with Crippen LogP contribution < -0.4 is 0 Å². The summed E-state index contributed by atoms with van der Waals surface area (Å²) in [6, 6.07) is 0. The highest BCUT2D eigenvalue weighted by molar-refractivity contribution is 7.80. The first-order chi connectivity index (χ1) is 35.1. The quantitative estimate of drug-likeness (QED) is 0.0196. The summed E-state index contributed by atoms with van der Waals surface area (Å²) < 4.78 is 59.4. The summed E-state index contributed by atoms with van der Waals surface area (Å²) in [5.41, 5.74) is 0. The fourth-order valence-corrected chi connectivity index (χ4v) is 8.77. The smallest absolute Gasteiger partial charge is 0.397 e. The maximum Gasteiger partial charge on any atom is 0.397 e. The van der Waals surface area contributed by atoms with Gasteiger partial charge in [-0.1, -0.05) is 208 Å². The van der Waals surface area contributed by atoms with E-state index in [4.69, 9.17) is 18.9 Å². The lowest BCUT2D eigenvalue weighted by Gasteiger charge is -2.41. The van der Waals surface area contributed by atoms with Gasteiger partial charge in [-0.15, -0.1) is 0 Å². The number of allylic oxidation sites excluding steroid dienone is 14. The van der Waals surface area contributed by atoms with Crippen LogP contribution in [0, 0.1) is 0 Å². The molecule has 0 saturated carbocycles. The van der Waals surface area contributed by atoms with E-state index in [1.54, 1.807) is 0 Å². The Bertz CT molecular complexity index is 1570. The third-order valence-electron chi connectivity index (χ3n) is 12.5. The van der Waals surface area contributed by atoms with Gasteiger partial charge in [0.05, 0.1) is 19.8 Å². The monoisotopic (exact) mass is 1030 g/mol. The zero-order valence-corrected chi connectivity index (χ0v) is 45.8. The summed E-state index contributed by atoms with van der Waals surface area (Å²) >= 11 is 0. The van der Waals surface area contributed by atoms with E-state index in [1.807, 2.05) is 0 Å². The van der Waals surface area contributed by atoms with Gasteiger partial charge >= 0.3 is 16.4 Å². The van der Waals surface area contributed by atoms with E-state index in [0.717, 1.165) is 89.9 Å². The minimum Gasteiger partial charge on any atom is -0.457 e. The molecule has 0 amide bonds. The van der Waals surface area contributed by atoms with Crippen LogP contribution in [0.15, 0.2) is 85.1 Å². The number of aliphatic hydroxyl groups is 3. The number of rotatable bonds is 49. The third-order valence-corrected chi connectivity index (χ3v) is 13.0. The summed E-state index contributed by atoms with van der Waals surface area (Å²) in [4.78, 5) is 12.9. The molecule has 1 fully saturated rings. The average Bonchev–Trinajstić information content (AvgIpc) is 3.36. The predicted octanol–water partition coefficient (Wildman–Crippen LogP) is 14.0. The predicted molar refractivity (Wildman–Crippen MR) is 294 cm³/mol. The zero-order chi connectivity index (χ0) is 52.4. The lowest BCUT2D eigenvalue weighted by atomic mass is 9.99. The van der Waals surface area contributed by atoms with Crippen molar-refractivity contribution in [3.8, 4) is 0 Å². The summed E-state index contributed by atoms with van der Waals surface area (Å²) in [7, 11) is -5.07. The zero-order valence-electron chi connectivity index (χ0n) is 45.0. The number of carbonyl (C=O) groups is 1. The molecule has 0 radical (unpaired) electrons. The Hall–Kier alpha value is -2.72. The molecular formula is C59H102O12S. The maximum absolute atomic E-state index is 12.9. The van der Waals surface area contributed by atoms with Gasteiger partial charge in [0, 0.05) is 13.0 Å². The summed E-state index contributed by atoms with van der Waals surface area (Å²) in [6.45, 7) is 3.86. The number of hydrogen-bond acceptors (Lipinski definition) is 11. The van der Waals surface area contributed by atoms with Gasteiger partial charge in [0.1, 0.15) is 30.5 Å². The number of unbranched alkanes of at least 4 members (excludes halogenated alkanes) is 22. The Balaban J connectivity index is 2.33. The second-order valence-corrected chi connectivity index (χ2v) is 20.2. The molecule has 0 aromatic rings. The second kappa shape index (κ2) is 49.2. The number of carbonyl (C=O) groups excluding carboxylic acids is 1. The van der Waals surface area contributed by atoms with E-state index < -0.39 is 59.8 Å². The van der Waals surface area contributed by atoms with Crippen LogP contribution in [-0.2, 0) is 38.3 Å². The standard InChI is InChI=1S/C59H102O12S/c1-3-5-7-9-11-13-15-17-19-21-23-24-25-26-27-28-29-31-33-35-37-39-41-43-45-47-49-67-51-53(52-68-59-57(63)58(71-72(64,65)66)56(62)54(50-60)70-59)69-55(61)48-46-44-42-40-38-36-34-32-30-22-20-18-16-14-12-10-8-6-4-2/h5,7,11,13,17-20,23-24,26-27,29,31,53-54,56-60,62-63H,3-4,6,8-10,12,14-16,21-22,25,28,30,32-52H2,1-2H3,(H,64,65,66)/b7-5-,13-11-,19-17-,20-18-,24-23-,27-26-,31-29-. The van der Waals surface area contributed by atoms with Crippen LogP contribution in [-0.4, -0.2) is 97.5 Å². The first kappa shape index (κ1) is 67.3. The Morgan fingerprint density at radius 3 is 1.42 bits per heavy atom. The minimum absolute atomic E-state index is 0.0234. The first-order valence-corrected chi connectivity index (χ1v) is 29.7. The van der Waals surface area contributed by atoms with Crippen molar-refractivity contribution in [1.29, 1.82) is 0 Å². The van der Waals surface area contributed by atoms with E-state index in [0.29, 0.717) is 13.0 Å². The Kier molecular flexibility index (Phi) is 46.0. The molecule has 1 heterocycles. The SMILES string of the molecule is CC/C=C\C/C=C\C/C=C\C/C=C\C/C=C\C/C=C\CCCCCCCCCOCC(COC1OC(CO)C(O)C(OS(=O)(=O)O)C1O)OC(=O)CCCCCCCCCCC/C=C\CCCCCCCC. The van der Waals surface area contributed by atoms with Gasteiger partial charge in [-0.3, -0.25) is 9.35 Å². The van der Waals surface area contributed by atoms with Crippen LogP contribution in [0.25, 0.3) is 0 Å². The molecule has 6 unspecified atom stereocenters. The molecule has 0 aromatic carbocycles. The molecule has 416 valence electrons. The number of hydrogen-bond donors (Lipinski definition) is 4. The lowest BCUT2D eigenvalue weighted by molar-refractivity contribution is -0.301. The van der Waals surface area contributed by atoms with Crippen LogP contribution >= 0.6 is 0 Å². The largest absolute Gasteiger partial charge is 0.457 e. The summed E-state index contributed by atoms with van der Waals surface area (Å²) in [5, 5.41) is 30.8. The van der Waals surface area contributed by atoms with Gasteiger partial charge in [-0.25, -0.2) is 4.18 Å². The van der Waals surface area contributed by atoms with Crippen LogP contribution in [0.5, 0.6) is 0 Å². The highest BCUT2D eigenvalue weighted by atomic mass is 32.3. The topological polar surface area (TPSA) is 178 Å². The summed E-state index contributed by atoms with van der Waals surface area (Å²) in [6.07, 6.45) is 57.5. The van der Waals surface area contributed by atoms with Crippen molar-refractivity contribution in [2.45, 2.75) is 256 Å². The average molecular weight is 1040 g/mol. The van der Waals surface area contributed by atoms with Gasteiger partial charge in [0.2, 0.25) is 0 Å². The molecule has 12 nitrogen and oxygen atoms in total. The minimum atomic E-state index is -5.07. The van der Waals surface area contributed by atoms with Crippen LogP contribution in [0.1, 0.15) is 219 Å². The van der Waals surface area contributed by atoms with E-state index in [-0.39, 0.29) is 19.6 Å². The molecule has 1 rings (SSSR count). The van der Waals surface area contributed by atoms with Crippen molar-refractivity contribution < 1.29 is 56.2 Å². The van der Waals surface area contributed by atoms with Crippen molar-refractivity contribution in [1.82, 2.24) is 0 Å². The fraction of sp³-hybridized carbons (Fsp3) is 0.746. The van der Waals surface area contributed by atoms with Gasteiger partial charge in [0.15, 0.2) is 6.29 Å². The molecule has 0 bridgehead atoms. The second-order valence-electron chi connectivity index (χ2n) is 19.1. The van der Waals surface area contributed by atoms with Crippen LogP contribution in [0.4, 0.5) is 0 Å². The van der Waals surface area contributed by atoms with E-state index in [2.05, 4.69) is 103 Å². The molecule has 72 heavy (non-hydrogen) atoms. The molecule has 1 aliphatic heterocycles. The summed E-state index contributed by atoms with van der Waals surface area (Å²) in [5.74, 6) is -0.407. The normalized spacial score (nSPS) is 19.6. The van der Waals surface area contributed by atoms with E-state index in [9.17, 15) is 33.1 Å². The Morgan fingerprint density at radius 1 is 0.542 bits per heavy atom. The van der Waals surface area contributed by atoms with Crippen molar-refractivity contribution in [3.05, 3.63) is 85.1 Å². The molecule has 1 saturated heterocycles. The molecule has 4 N–H and O–H groups in total. The third kappa shape index (κ3) is 41.6. The number of esters is 1. The molecule has 1 aliphatic rings. The Labute approximate surface area is 438 Å². The van der Waals surface area contributed by atoms with Crippen molar-refractivity contribution >= 4 is 16.4 Å². The molecule has 0 spiro atoms. The van der Waals surface area contributed by atoms with Gasteiger partial charge < -0.3 is 34.3 Å². The molecule has 13 heteroatoms. The van der Waals surface area contributed by atoms with Gasteiger partial charge in [-0.05, 0) is 89.9 Å². The van der Waals surface area contributed by atoms with Gasteiger partial charge in [0.25, 0.3) is 0 Å². The van der Waals surface area contributed by atoms with Crippen molar-refractivity contribution in [3.63, 3.8) is 0 Å². The fourth-order valence-electron chi connectivity index (χ4n) is 8.26. The van der Waals surface area contributed by atoms with Gasteiger partial charge in [-0.2, -0.15) is 8.42 Å². The van der Waals surface area contributed by atoms with E-state index in [1.165, 1.54) is 103 Å². The number of aliphatic hydroxyl groups excluding tert-OH is 3. The van der Waals surface area contributed by atoms with Crippen molar-refractivity contribution in [2.75, 3.05) is 26.4 Å². The number of ether oxygens (including phenoxy) is 4. The first-order valence-electron chi connectivity index (χ1n) is 28.3. The Morgan fingerprint density at radius 2 is 0.958 bits per heavy atom. The highest BCUT2D eigenvalue weighted by Crippen LogP contribution is 2.26. The van der Waals surface area contributed by atoms with Crippen LogP contribution in [0.2, 0.25) is 0 Å². The highest BCUT2D eigenvalue weighted by Gasteiger charge is 2.48. The molecular weight excluding hydrogens is 933 g/mol. The molecule has 0 aliphatic carbocycles. The molecule has 0 aromatic heterocycles. The maximum atomic E-state index is 12.9. The van der Waals surface area contributed by atoms with Crippen molar-refractivity contribution in [2.24, 2.45) is 0 Å². The van der Waals surface area contributed by atoms with E-state index >= 15 is 0 Å².